The van der Waals surface area contributed by atoms with Crippen LogP contribution in [0.15, 0.2) is 24.4 Å². The zero-order chi connectivity index (χ0) is 16.4. The summed E-state index contributed by atoms with van der Waals surface area (Å²) < 4.78 is 29.3. The highest BCUT2D eigenvalue weighted by Crippen LogP contribution is 2.33. The Kier molecular flexibility index (Phi) is 4.26. The molecule has 2 aromatic rings. The van der Waals surface area contributed by atoms with Crippen LogP contribution in [0.25, 0.3) is 10.9 Å². The van der Waals surface area contributed by atoms with E-state index >= 15 is 0 Å². The fourth-order valence-corrected chi connectivity index (χ4v) is 2.91. The molecule has 0 bridgehead atoms. The fourth-order valence-electron chi connectivity index (χ4n) is 2.91. The molecular weight excluding hydrogens is 304 g/mol. The second-order valence-corrected chi connectivity index (χ2v) is 5.43. The Morgan fingerprint density at radius 2 is 2.26 bits per heavy atom. The number of halogens is 2. The number of rotatable bonds is 3. The van der Waals surface area contributed by atoms with Crippen molar-refractivity contribution in [3.8, 4) is 11.8 Å². The number of β-amino-alcohol motifs (C(OH)–C–C–N with tert-alkyl or cyclic N) is 1. The van der Waals surface area contributed by atoms with E-state index < -0.39 is 12.7 Å². The van der Waals surface area contributed by atoms with Crippen molar-refractivity contribution in [2.75, 3.05) is 18.0 Å². The lowest BCUT2D eigenvalue weighted by molar-refractivity contribution is -0.0497. The zero-order valence-corrected chi connectivity index (χ0v) is 12.2. The molecule has 0 saturated carbocycles. The lowest BCUT2D eigenvalue weighted by Gasteiger charge is -2.33. The Morgan fingerprint density at radius 1 is 1.43 bits per heavy atom. The first-order valence-corrected chi connectivity index (χ1v) is 7.29. The molecule has 5 nitrogen and oxygen atoms in total. The van der Waals surface area contributed by atoms with Crippen molar-refractivity contribution < 1.29 is 18.6 Å². The zero-order valence-electron chi connectivity index (χ0n) is 12.2. The first kappa shape index (κ1) is 15.4. The fraction of sp³-hybridized carbons (Fsp3) is 0.375. The van der Waals surface area contributed by atoms with E-state index in [-0.39, 0.29) is 5.75 Å². The molecule has 0 radical (unpaired) electrons. The van der Waals surface area contributed by atoms with E-state index in [9.17, 15) is 19.1 Å². The van der Waals surface area contributed by atoms with Crippen LogP contribution in [0.2, 0.25) is 0 Å². The van der Waals surface area contributed by atoms with Crippen molar-refractivity contribution in [3.63, 3.8) is 0 Å². The van der Waals surface area contributed by atoms with Gasteiger partial charge in [-0.15, -0.1) is 0 Å². The summed E-state index contributed by atoms with van der Waals surface area (Å²) in [6, 6.07) is 6.55. The molecule has 0 unspecified atom stereocenters. The number of aromatic nitrogens is 1. The average molecular weight is 319 g/mol. The van der Waals surface area contributed by atoms with Crippen LogP contribution in [0.1, 0.15) is 18.4 Å². The van der Waals surface area contributed by atoms with Gasteiger partial charge in [0.1, 0.15) is 11.8 Å². The van der Waals surface area contributed by atoms with E-state index in [1.54, 1.807) is 6.07 Å². The molecule has 3 rings (SSSR count). The van der Waals surface area contributed by atoms with Gasteiger partial charge >= 0.3 is 6.61 Å². The number of aliphatic hydroxyl groups is 1. The molecule has 1 fully saturated rings. The van der Waals surface area contributed by atoms with Crippen LogP contribution < -0.4 is 9.64 Å². The maximum Gasteiger partial charge on any atom is 0.387 e. The number of nitrogens with zero attached hydrogens (tertiary/aromatic N) is 3. The van der Waals surface area contributed by atoms with Gasteiger partial charge in [0.25, 0.3) is 0 Å². The van der Waals surface area contributed by atoms with Crippen LogP contribution in [0.4, 0.5) is 14.5 Å². The van der Waals surface area contributed by atoms with Gasteiger partial charge in [-0.1, -0.05) is 0 Å². The standard InChI is InChI=1S/C16H15F2N3O2/c17-16(18)23-12-3-4-14-13(6-12)15(10(7-19)8-20-14)21-5-1-2-11(22)9-21/h3-4,6,8,11,16,22H,1-2,5,9H2/t11-/m1/s1. The van der Waals surface area contributed by atoms with Crippen molar-refractivity contribution in [3.05, 3.63) is 30.0 Å². The van der Waals surface area contributed by atoms with E-state index in [1.165, 1.54) is 18.3 Å². The largest absolute Gasteiger partial charge is 0.435 e. The van der Waals surface area contributed by atoms with Gasteiger partial charge in [0.05, 0.1) is 22.9 Å². The number of ether oxygens (including phenoxy) is 1. The number of anilines is 1. The quantitative estimate of drug-likeness (QED) is 0.942. The Hall–Kier alpha value is -2.46. The Bertz CT molecular complexity index is 761. The van der Waals surface area contributed by atoms with Crippen molar-refractivity contribution in [2.45, 2.75) is 25.6 Å². The van der Waals surface area contributed by atoms with Gasteiger partial charge in [0.15, 0.2) is 0 Å². The van der Waals surface area contributed by atoms with Gasteiger partial charge in [0, 0.05) is 24.7 Å². The molecule has 7 heteroatoms. The smallest absolute Gasteiger partial charge is 0.387 e. The number of aliphatic hydroxyl groups excluding tert-OH is 1. The third kappa shape index (κ3) is 3.17. The number of hydrogen-bond donors (Lipinski definition) is 1. The summed E-state index contributed by atoms with van der Waals surface area (Å²) in [5.74, 6) is 0.0168. The molecule has 120 valence electrons. The third-order valence-corrected chi connectivity index (χ3v) is 3.87. The first-order valence-electron chi connectivity index (χ1n) is 7.29. The average Bonchev–Trinajstić information content (AvgIpc) is 2.53. The number of fused-ring (bicyclic) bond motifs is 1. The van der Waals surface area contributed by atoms with Crippen LogP contribution in [0, 0.1) is 11.3 Å². The number of piperidine rings is 1. The summed E-state index contributed by atoms with van der Waals surface area (Å²) >= 11 is 0. The van der Waals surface area contributed by atoms with Crippen LogP contribution in [0.3, 0.4) is 0 Å². The Morgan fingerprint density at radius 3 is 2.96 bits per heavy atom. The number of nitriles is 1. The SMILES string of the molecule is N#Cc1cnc2ccc(OC(F)F)cc2c1N1CCC[C@@H](O)C1. The second-order valence-electron chi connectivity index (χ2n) is 5.43. The number of hydrogen-bond acceptors (Lipinski definition) is 5. The Labute approximate surface area is 131 Å². The topological polar surface area (TPSA) is 69.4 Å². The minimum Gasteiger partial charge on any atom is -0.435 e. The summed E-state index contributed by atoms with van der Waals surface area (Å²) in [5, 5.41) is 19.8. The molecule has 1 aliphatic rings. The molecule has 1 aliphatic heterocycles. The summed E-state index contributed by atoms with van der Waals surface area (Å²) in [5.41, 5.74) is 1.54. The van der Waals surface area contributed by atoms with Crippen LogP contribution in [0.5, 0.6) is 5.75 Å². The monoisotopic (exact) mass is 319 g/mol. The minimum atomic E-state index is -2.92. The van der Waals surface area contributed by atoms with Gasteiger partial charge in [-0.2, -0.15) is 14.0 Å². The molecule has 0 aliphatic carbocycles. The van der Waals surface area contributed by atoms with Crippen LogP contribution in [-0.4, -0.2) is 35.9 Å². The summed E-state index contributed by atoms with van der Waals surface area (Å²) in [6.07, 6.45) is 2.50. The van der Waals surface area contributed by atoms with Gasteiger partial charge in [0.2, 0.25) is 0 Å². The number of benzene rings is 1. The molecule has 1 aromatic carbocycles. The highest BCUT2D eigenvalue weighted by molar-refractivity contribution is 5.95. The highest BCUT2D eigenvalue weighted by Gasteiger charge is 2.23. The predicted octanol–water partition coefficient (Wildman–Crippen LogP) is 2.67. The van der Waals surface area contributed by atoms with Gasteiger partial charge < -0.3 is 14.7 Å². The van der Waals surface area contributed by atoms with Crippen molar-refractivity contribution in [2.24, 2.45) is 0 Å². The van der Waals surface area contributed by atoms with Gasteiger partial charge in [-0.05, 0) is 31.0 Å². The van der Waals surface area contributed by atoms with Crippen molar-refractivity contribution in [1.82, 2.24) is 4.98 Å². The van der Waals surface area contributed by atoms with Gasteiger partial charge in [-0.3, -0.25) is 4.98 Å². The van der Waals surface area contributed by atoms with E-state index in [0.29, 0.717) is 41.7 Å². The molecular formula is C16H15F2N3O2. The summed E-state index contributed by atoms with van der Waals surface area (Å²) in [4.78, 5) is 6.10. The summed E-state index contributed by atoms with van der Waals surface area (Å²) in [6.45, 7) is -1.83. The Balaban J connectivity index is 2.13. The van der Waals surface area contributed by atoms with E-state index in [4.69, 9.17) is 0 Å². The van der Waals surface area contributed by atoms with Crippen LogP contribution in [-0.2, 0) is 0 Å². The van der Waals surface area contributed by atoms with Crippen LogP contribution >= 0.6 is 0 Å². The van der Waals surface area contributed by atoms with Crippen molar-refractivity contribution >= 4 is 16.6 Å². The normalized spacial score (nSPS) is 18.2. The molecule has 23 heavy (non-hydrogen) atoms. The minimum absolute atomic E-state index is 0.0168. The molecule has 0 amide bonds. The second kappa shape index (κ2) is 6.34. The predicted molar refractivity (Wildman–Crippen MR) is 80.5 cm³/mol. The van der Waals surface area contributed by atoms with E-state index in [0.717, 1.165) is 6.42 Å². The first-order chi connectivity index (χ1) is 11.1. The molecule has 0 spiro atoms. The number of pyridine rings is 1. The van der Waals surface area contributed by atoms with Crippen molar-refractivity contribution in [1.29, 1.82) is 5.26 Å². The van der Waals surface area contributed by atoms with E-state index in [2.05, 4.69) is 15.8 Å². The molecule has 1 aromatic heterocycles. The van der Waals surface area contributed by atoms with Gasteiger partial charge in [-0.25, -0.2) is 0 Å². The number of alkyl halides is 2. The lowest BCUT2D eigenvalue weighted by Crippen LogP contribution is -2.38. The lowest BCUT2D eigenvalue weighted by atomic mass is 10.0. The third-order valence-electron chi connectivity index (χ3n) is 3.87. The molecule has 1 N–H and O–H groups in total. The summed E-state index contributed by atoms with van der Waals surface area (Å²) in [7, 11) is 0. The maximum atomic E-state index is 12.4. The molecule has 1 atom stereocenters. The highest BCUT2D eigenvalue weighted by atomic mass is 19.3. The molecule has 1 saturated heterocycles. The van der Waals surface area contributed by atoms with E-state index in [1.807, 2.05) is 4.90 Å². The molecule has 2 heterocycles. The maximum absolute atomic E-state index is 12.4.